The molecule has 7 heteroatoms. The molecule has 0 spiro atoms. The monoisotopic (exact) mass is 379 g/mol. The van der Waals surface area contributed by atoms with Gasteiger partial charge in [0.15, 0.2) is 6.04 Å². The Labute approximate surface area is 123 Å². The number of halogens is 1. The molecule has 1 aromatic rings. The van der Waals surface area contributed by atoms with Crippen molar-refractivity contribution in [3.05, 3.63) is 27.3 Å². The molecule has 0 fully saturated rings. The van der Waals surface area contributed by atoms with Gasteiger partial charge in [0.1, 0.15) is 5.75 Å². The minimum absolute atomic E-state index is 0.0231. The maximum absolute atomic E-state index is 11.9. The van der Waals surface area contributed by atoms with E-state index in [9.17, 15) is 19.8 Å². The molecule has 0 radical (unpaired) electrons. The molecule has 0 bridgehead atoms. The van der Waals surface area contributed by atoms with Crippen LogP contribution in [-0.2, 0) is 9.53 Å². The van der Waals surface area contributed by atoms with Gasteiger partial charge in [-0.2, -0.15) is 0 Å². The Bertz CT molecular complexity index is 489. The van der Waals surface area contributed by atoms with Crippen LogP contribution in [0.15, 0.2) is 18.2 Å². The topological polar surface area (TPSA) is 95.9 Å². The van der Waals surface area contributed by atoms with Crippen molar-refractivity contribution in [3.8, 4) is 5.75 Å². The average molecular weight is 379 g/mol. The molecule has 104 valence electrons. The second kappa shape index (κ2) is 6.71. The first-order valence-electron chi connectivity index (χ1n) is 5.42. The van der Waals surface area contributed by atoms with Gasteiger partial charge in [-0.1, -0.05) is 0 Å². The highest BCUT2D eigenvalue weighted by Gasteiger charge is 2.27. The number of amides is 1. The smallest absolute Gasteiger partial charge is 0.331 e. The van der Waals surface area contributed by atoms with Crippen LogP contribution in [0.2, 0.25) is 0 Å². The largest absolute Gasteiger partial charge is 0.507 e. The number of aliphatic hydroxyl groups excluding tert-OH is 1. The SMILES string of the molecule is COC(=O)[C@H](NC(=O)c1ccc(I)cc1O)[C@H](C)O. The fourth-order valence-electron chi connectivity index (χ4n) is 1.42. The molecule has 3 N–H and O–H groups in total. The molecular formula is C12H14INO5. The summed E-state index contributed by atoms with van der Waals surface area (Å²) in [6.45, 7) is 1.36. The van der Waals surface area contributed by atoms with Gasteiger partial charge < -0.3 is 20.3 Å². The van der Waals surface area contributed by atoms with Gasteiger partial charge in [0.25, 0.3) is 5.91 Å². The van der Waals surface area contributed by atoms with Crippen LogP contribution in [0.4, 0.5) is 0 Å². The van der Waals surface area contributed by atoms with Crippen molar-refractivity contribution in [2.24, 2.45) is 0 Å². The van der Waals surface area contributed by atoms with Gasteiger partial charge in [-0.15, -0.1) is 0 Å². The Balaban J connectivity index is 2.91. The minimum Gasteiger partial charge on any atom is -0.507 e. The lowest BCUT2D eigenvalue weighted by Gasteiger charge is -2.19. The summed E-state index contributed by atoms with van der Waals surface area (Å²) in [4.78, 5) is 23.3. The maximum Gasteiger partial charge on any atom is 0.331 e. The number of phenolic OH excluding ortho intramolecular Hbond substituents is 1. The van der Waals surface area contributed by atoms with E-state index in [0.717, 1.165) is 10.7 Å². The zero-order valence-electron chi connectivity index (χ0n) is 10.4. The molecule has 1 amide bonds. The van der Waals surface area contributed by atoms with E-state index in [4.69, 9.17) is 0 Å². The van der Waals surface area contributed by atoms with Gasteiger partial charge in [0.05, 0.1) is 18.8 Å². The second-order valence-electron chi connectivity index (χ2n) is 3.88. The van der Waals surface area contributed by atoms with Gasteiger partial charge in [0.2, 0.25) is 0 Å². The number of carbonyl (C=O) groups excluding carboxylic acids is 2. The number of nitrogens with one attached hydrogen (secondary N) is 1. The number of aromatic hydroxyl groups is 1. The average Bonchev–Trinajstić information content (AvgIpc) is 2.34. The van der Waals surface area contributed by atoms with Crippen LogP contribution in [-0.4, -0.2) is 41.3 Å². The fraction of sp³-hybridized carbons (Fsp3) is 0.333. The number of hydrogen-bond donors (Lipinski definition) is 3. The van der Waals surface area contributed by atoms with Gasteiger partial charge in [0, 0.05) is 3.57 Å². The van der Waals surface area contributed by atoms with E-state index < -0.39 is 24.0 Å². The van der Waals surface area contributed by atoms with E-state index in [0.29, 0.717) is 0 Å². The molecular weight excluding hydrogens is 365 g/mol. The number of phenols is 1. The molecule has 0 heterocycles. The van der Waals surface area contributed by atoms with E-state index in [-0.39, 0.29) is 11.3 Å². The number of hydrogen-bond acceptors (Lipinski definition) is 5. The lowest BCUT2D eigenvalue weighted by molar-refractivity contribution is -0.145. The van der Waals surface area contributed by atoms with Crippen LogP contribution in [0, 0.1) is 3.57 Å². The molecule has 6 nitrogen and oxygen atoms in total. The van der Waals surface area contributed by atoms with Crippen LogP contribution in [0.25, 0.3) is 0 Å². The number of aliphatic hydroxyl groups is 1. The molecule has 0 aromatic heterocycles. The minimum atomic E-state index is -1.18. The van der Waals surface area contributed by atoms with Crippen molar-refractivity contribution in [3.63, 3.8) is 0 Å². The van der Waals surface area contributed by atoms with Crippen LogP contribution in [0.5, 0.6) is 5.75 Å². The van der Waals surface area contributed by atoms with Crippen LogP contribution < -0.4 is 5.32 Å². The van der Waals surface area contributed by atoms with Gasteiger partial charge in [-0.05, 0) is 47.7 Å². The van der Waals surface area contributed by atoms with Gasteiger partial charge >= 0.3 is 5.97 Å². The van der Waals surface area contributed by atoms with Gasteiger partial charge in [-0.25, -0.2) is 4.79 Å². The van der Waals surface area contributed by atoms with Crippen molar-refractivity contribution >= 4 is 34.5 Å². The zero-order chi connectivity index (χ0) is 14.6. The summed E-state index contributed by atoms with van der Waals surface area (Å²) in [6, 6.07) is 3.31. The van der Waals surface area contributed by atoms with Crippen molar-refractivity contribution in [1.82, 2.24) is 5.32 Å². The summed E-state index contributed by atoms with van der Waals surface area (Å²) in [5.74, 6) is -1.61. The van der Waals surface area contributed by atoms with Crippen LogP contribution in [0.3, 0.4) is 0 Å². The zero-order valence-corrected chi connectivity index (χ0v) is 12.5. The molecule has 0 saturated heterocycles. The number of rotatable bonds is 4. The standard InChI is InChI=1S/C12H14INO5/c1-6(15)10(12(18)19-2)14-11(17)8-4-3-7(13)5-9(8)16/h3-6,10,15-16H,1-2H3,(H,14,17)/t6-,10+/m0/s1. The summed E-state index contributed by atoms with van der Waals surface area (Å²) in [7, 11) is 1.16. The summed E-state index contributed by atoms with van der Waals surface area (Å²) < 4.78 is 5.25. The Morgan fingerprint density at radius 2 is 2.05 bits per heavy atom. The number of ether oxygens (including phenoxy) is 1. The summed E-state index contributed by atoms with van der Waals surface area (Å²) >= 11 is 1.99. The first kappa shape index (κ1) is 15.7. The first-order valence-corrected chi connectivity index (χ1v) is 6.50. The molecule has 1 aromatic carbocycles. The Morgan fingerprint density at radius 1 is 1.42 bits per heavy atom. The van der Waals surface area contributed by atoms with E-state index in [1.165, 1.54) is 19.1 Å². The summed E-state index contributed by atoms with van der Waals surface area (Å²) in [6.07, 6.45) is -1.11. The molecule has 1 rings (SSSR count). The molecule has 19 heavy (non-hydrogen) atoms. The van der Waals surface area contributed by atoms with Crippen molar-refractivity contribution in [2.75, 3.05) is 7.11 Å². The van der Waals surface area contributed by atoms with E-state index in [2.05, 4.69) is 10.1 Å². The third-order valence-corrected chi connectivity index (χ3v) is 3.10. The summed E-state index contributed by atoms with van der Waals surface area (Å²) in [5, 5.41) is 21.4. The Hall–Kier alpha value is -1.35. The number of benzene rings is 1. The predicted molar refractivity (Wildman–Crippen MR) is 75.8 cm³/mol. The van der Waals surface area contributed by atoms with Crippen molar-refractivity contribution in [1.29, 1.82) is 0 Å². The van der Waals surface area contributed by atoms with Crippen molar-refractivity contribution < 1.29 is 24.5 Å². The molecule has 0 saturated carbocycles. The highest BCUT2D eigenvalue weighted by atomic mass is 127. The third-order valence-electron chi connectivity index (χ3n) is 2.43. The first-order chi connectivity index (χ1) is 8.86. The lowest BCUT2D eigenvalue weighted by Crippen LogP contribution is -2.48. The predicted octanol–water partition coefficient (Wildman–Crippen LogP) is 0.649. The highest BCUT2D eigenvalue weighted by molar-refractivity contribution is 14.1. The third kappa shape index (κ3) is 4.06. The van der Waals surface area contributed by atoms with E-state index in [1.807, 2.05) is 22.6 Å². The quantitative estimate of drug-likeness (QED) is 0.528. The van der Waals surface area contributed by atoms with E-state index >= 15 is 0 Å². The maximum atomic E-state index is 11.9. The fourth-order valence-corrected chi connectivity index (χ4v) is 1.89. The molecule has 0 unspecified atom stereocenters. The Morgan fingerprint density at radius 3 is 2.53 bits per heavy atom. The highest BCUT2D eigenvalue weighted by Crippen LogP contribution is 2.20. The lowest BCUT2D eigenvalue weighted by atomic mass is 10.1. The van der Waals surface area contributed by atoms with E-state index in [1.54, 1.807) is 6.07 Å². The van der Waals surface area contributed by atoms with Gasteiger partial charge in [-0.3, -0.25) is 4.79 Å². The molecule has 0 aliphatic carbocycles. The van der Waals surface area contributed by atoms with Crippen LogP contribution >= 0.6 is 22.6 Å². The number of methoxy groups -OCH3 is 1. The summed E-state index contributed by atoms with van der Waals surface area (Å²) in [5.41, 5.74) is 0.0231. The Kier molecular flexibility index (Phi) is 5.55. The van der Waals surface area contributed by atoms with Crippen molar-refractivity contribution in [2.45, 2.75) is 19.1 Å². The molecule has 0 aliphatic rings. The number of carbonyl (C=O) groups is 2. The molecule has 2 atom stereocenters. The second-order valence-corrected chi connectivity index (χ2v) is 5.12. The number of esters is 1. The molecule has 0 aliphatic heterocycles. The van der Waals surface area contributed by atoms with Crippen LogP contribution in [0.1, 0.15) is 17.3 Å². The normalized spacial score (nSPS) is 13.5.